The number of rotatable bonds is 0. The number of hydrogen-bond donors (Lipinski definition) is 0. The molecule has 0 spiro atoms. The lowest BCUT2D eigenvalue weighted by molar-refractivity contribution is 1.34. The molecule has 0 aliphatic rings. The molecule has 1 radical (unpaired) electrons. The maximum Gasteiger partial charge on any atom is 0.0892 e. The van der Waals surface area contributed by atoms with Crippen molar-refractivity contribution in [1.82, 2.24) is 4.98 Å². The van der Waals surface area contributed by atoms with Crippen LogP contribution in [-0.4, -0.2) is 4.98 Å². The van der Waals surface area contributed by atoms with Crippen LogP contribution in [0.3, 0.4) is 0 Å². The second kappa shape index (κ2) is 2.35. The van der Waals surface area contributed by atoms with Crippen molar-refractivity contribution >= 4 is 10.8 Å². The average Bonchev–Trinajstić information content (AvgIpc) is 2.04. The highest BCUT2D eigenvalue weighted by Gasteiger charge is 1.90. The minimum atomic E-state index is 1.18. The minimum absolute atomic E-state index is 1.18. The molecule has 1 nitrogen and oxygen atoms in total. The van der Waals surface area contributed by atoms with Crippen LogP contribution in [0.4, 0.5) is 0 Å². The van der Waals surface area contributed by atoms with Crippen LogP contribution < -0.4 is 0 Å². The molecule has 1 heterocycles. The second-order valence-electron chi connectivity index (χ2n) is 2.66. The Morgan fingerprint density at radius 1 is 1.27 bits per heavy atom. The molecule has 53 valence electrons. The van der Waals surface area contributed by atoms with Crippen LogP contribution >= 0.6 is 0 Å². The molecule has 0 saturated heterocycles. The average molecular weight is 142 g/mol. The van der Waals surface area contributed by atoms with Gasteiger partial charge in [0.2, 0.25) is 0 Å². The molecule has 0 N–H and O–H groups in total. The summed E-state index contributed by atoms with van der Waals surface area (Å²) in [4.78, 5) is 3.93. The van der Waals surface area contributed by atoms with Gasteiger partial charge < -0.3 is 0 Å². The van der Waals surface area contributed by atoms with E-state index in [1.165, 1.54) is 16.3 Å². The van der Waals surface area contributed by atoms with E-state index < -0.39 is 0 Å². The Morgan fingerprint density at radius 3 is 3.09 bits per heavy atom. The van der Waals surface area contributed by atoms with Crippen molar-refractivity contribution in [1.29, 1.82) is 0 Å². The summed E-state index contributed by atoms with van der Waals surface area (Å²) in [6.07, 6.45) is 4.64. The van der Waals surface area contributed by atoms with E-state index in [-0.39, 0.29) is 0 Å². The lowest BCUT2D eigenvalue weighted by Gasteiger charge is -1.95. The summed E-state index contributed by atoms with van der Waals surface area (Å²) in [5.41, 5.74) is 1.27. The number of aromatic nitrogens is 1. The Kier molecular flexibility index (Phi) is 1.35. The normalized spacial score (nSPS) is 10.3. The van der Waals surface area contributed by atoms with Gasteiger partial charge in [0.25, 0.3) is 0 Å². The number of fused-ring (bicyclic) bond motifs is 1. The van der Waals surface area contributed by atoms with E-state index in [2.05, 4.69) is 36.3 Å². The molecule has 11 heavy (non-hydrogen) atoms. The van der Waals surface area contributed by atoms with Crippen molar-refractivity contribution in [3.05, 3.63) is 42.2 Å². The van der Waals surface area contributed by atoms with Crippen molar-refractivity contribution in [2.45, 2.75) is 6.92 Å². The zero-order chi connectivity index (χ0) is 7.68. The molecule has 2 aromatic rings. The van der Waals surface area contributed by atoms with E-state index in [0.29, 0.717) is 0 Å². The summed E-state index contributed by atoms with van der Waals surface area (Å²) in [5.74, 6) is 0. The van der Waals surface area contributed by atoms with Gasteiger partial charge >= 0.3 is 0 Å². The van der Waals surface area contributed by atoms with Crippen LogP contribution in [0.5, 0.6) is 0 Å². The van der Waals surface area contributed by atoms with E-state index in [1.807, 2.05) is 12.3 Å². The van der Waals surface area contributed by atoms with E-state index >= 15 is 0 Å². The Bertz CT molecular complexity index is 379. The van der Waals surface area contributed by atoms with Crippen LogP contribution in [0.1, 0.15) is 5.56 Å². The van der Waals surface area contributed by atoms with Crippen LogP contribution in [0.25, 0.3) is 10.8 Å². The zero-order valence-corrected chi connectivity index (χ0v) is 6.33. The van der Waals surface area contributed by atoms with E-state index in [4.69, 9.17) is 0 Å². The first-order valence-electron chi connectivity index (χ1n) is 3.59. The molecule has 0 unspecified atom stereocenters. The van der Waals surface area contributed by atoms with Gasteiger partial charge in [-0.15, -0.1) is 0 Å². The Labute approximate surface area is 65.7 Å². The quantitative estimate of drug-likeness (QED) is 0.550. The zero-order valence-electron chi connectivity index (χ0n) is 6.33. The molecule has 0 saturated carbocycles. The molecule has 1 heteroatoms. The van der Waals surface area contributed by atoms with Crippen molar-refractivity contribution in [3.8, 4) is 0 Å². The highest BCUT2D eigenvalue weighted by molar-refractivity contribution is 5.81. The summed E-state index contributed by atoms with van der Waals surface area (Å²) in [7, 11) is 0. The molecular weight excluding hydrogens is 134 g/mol. The fraction of sp³-hybridized carbons (Fsp3) is 0.100. The molecule has 0 bridgehead atoms. The van der Waals surface area contributed by atoms with Crippen LogP contribution in [-0.2, 0) is 0 Å². The van der Waals surface area contributed by atoms with Gasteiger partial charge in [-0.3, -0.25) is 4.98 Å². The molecule has 1 aromatic heterocycles. The highest BCUT2D eigenvalue weighted by atomic mass is 14.6. The van der Waals surface area contributed by atoms with Gasteiger partial charge in [-0.2, -0.15) is 0 Å². The third-order valence-corrected chi connectivity index (χ3v) is 1.74. The summed E-state index contributed by atoms with van der Waals surface area (Å²) in [6, 6.07) is 8.20. The van der Waals surface area contributed by atoms with E-state index in [9.17, 15) is 0 Å². The SMILES string of the molecule is Cc1ccc2c[c]ncc2c1. The first-order valence-corrected chi connectivity index (χ1v) is 3.59. The Balaban J connectivity index is 2.83. The monoisotopic (exact) mass is 142 g/mol. The smallest absolute Gasteiger partial charge is 0.0892 e. The van der Waals surface area contributed by atoms with Gasteiger partial charge in [0.15, 0.2) is 0 Å². The predicted octanol–water partition coefficient (Wildman–Crippen LogP) is 2.34. The largest absolute Gasteiger partial charge is 0.254 e. The van der Waals surface area contributed by atoms with Gasteiger partial charge in [0.05, 0.1) is 6.20 Å². The second-order valence-corrected chi connectivity index (χ2v) is 2.66. The van der Waals surface area contributed by atoms with E-state index in [1.54, 1.807) is 0 Å². The molecule has 0 fully saturated rings. The lowest BCUT2D eigenvalue weighted by atomic mass is 10.1. The van der Waals surface area contributed by atoms with Crippen LogP contribution in [0, 0.1) is 13.1 Å². The first-order chi connectivity index (χ1) is 5.36. The van der Waals surface area contributed by atoms with Gasteiger partial charge in [-0.05, 0) is 24.4 Å². The molecule has 0 aliphatic carbocycles. The fourth-order valence-corrected chi connectivity index (χ4v) is 1.15. The molecule has 0 amide bonds. The Hall–Kier alpha value is -1.37. The molecule has 0 aliphatic heterocycles. The number of benzene rings is 1. The molecule has 2 rings (SSSR count). The molecule has 1 aromatic carbocycles. The number of nitrogens with zero attached hydrogens (tertiary/aromatic N) is 1. The third-order valence-electron chi connectivity index (χ3n) is 1.74. The maximum absolute atomic E-state index is 3.93. The van der Waals surface area contributed by atoms with Gasteiger partial charge in [-0.1, -0.05) is 17.7 Å². The van der Waals surface area contributed by atoms with Crippen molar-refractivity contribution in [2.75, 3.05) is 0 Å². The van der Waals surface area contributed by atoms with Crippen molar-refractivity contribution in [3.63, 3.8) is 0 Å². The number of aryl methyl sites for hydroxylation is 1. The first kappa shape index (κ1) is 6.35. The van der Waals surface area contributed by atoms with E-state index in [0.717, 1.165) is 0 Å². The number of hydrogen-bond acceptors (Lipinski definition) is 1. The highest BCUT2D eigenvalue weighted by Crippen LogP contribution is 2.12. The lowest BCUT2D eigenvalue weighted by Crippen LogP contribution is -1.76. The molecule has 0 atom stereocenters. The van der Waals surface area contributed by atoms with Gasteiger partial charge in [0.1, 0.15) is 0 Å². The predicted molar refractivity (Wildman–Crippen MR) is 45.3 cm³/mol. The minimum Gasteiger partial charge on any atom is -0.254 e. The maximum atomic E-state index is 3.93. The summed E-state index contributed by atoms with van der Waals surface area (Å²) >= 11 is 0. The van der Waals surface area contributed by atoms with Crippen molar-refractivity contribution in [2.24, 2.45) is 0 Å². The van der Waals surface area contributed by atoms with Gasteiger partial charge in [0, 0.05) is 11.6 Å². The summed E-state index contributed by atoms with van der Waals surface area (Å²) in [6.45, 7) is 2.08. The molecular formula is C10H8N. The standard InChI is InChI=1S/C10H8N/c1-8-2-3-9-4-5-11-7-10(9)6-8/h2-4,6-7H,1H3. The number of pyridine rings is 1. The topological polar surface area (TPSA) is 12.9 Å². The van der Waals surface area contributed by atoms with Crippen LogP contribution in [0.2, 0.25) is 0 Å². The Morgan fingerprint density at radius 2 is 2.18 bits per heavy atom. The third kappa shape index (κ3) is 1.09. The van der Waals surface area contributed by atoms with Crippen molar-refractivity contribution < 1.29 is 0 Å². The summed E-state index contributed by atoms with van der Waals surface area (Å²) in [5, 5.41) is 2.38. The summed E-state index contributed by atoms with van der Waals surface area (Å²) < 4.78 is 0. The van der Waals surface area contributed by atoms with Gasteiger partial charge in [-0.25, -0.2) is 0 Å². The van der Waals surface area contributed by atoms with Crippen LogP contribution in [0.15, 0.2) is 30.5 Å². The fourth-order valence-electron chi connectivity index (χ4n) is 1.15.